The first-order chi connectivity index (χ1) is 19.3. The summed E-state index contributed by atoms with van der Waals surface area (Å²) in [5.74, 6) is -0.835. The van der Waals surface area contributed by atoms with Crippen molar-refractivity contribution < 1.29 is 19.5 Å². The number of hydrogen-bond acceptors (Lipinski definition) is 8. The Bertz CT molecular complexity index is 1560. The number of Topliss-reactive ketones (excluding diaryl/α,β-unsaturated/α-hetero) is 1. The Morgan fingerprint density at radius 1 is 1.05 bits per heavy atom. The lowest BCUT2D eigenvalue weighted by atomic mass is 9.89. The third-order valence-electron chi connectivity index (χ3n) is 7.26. The van der Waals surface area contributed by atoms with Crippen molar-refractivity contribution in [2.24, 2.45) is 0 Å². The Labute approximate surface area is 231 Å². The number of pyridine rings is 1. The van der Waals surface area contributed by atoms with Gasteiger partial charge in [0, 0.05) is 48.8 Å². The summed E-state index contributed by atoms with van der Waals surface area (Å²) in [5, 5.41) is 16.5. The normalized spacial score (nSPS) is 14.7. The molecule has 4 N–H and O–H groups in total. The van der Waals surface area contributed by atoms with Gasteiger partial charge in [-0.25, -0.2) is 4.98 Å². The molecule has 40 heavy (non-hydrogen) atoms. The van der Waals surface area contributed by atoms with Crippen LogP contribution in [0.4, 0.5) is 5.82 Å². The zero-order valence-electron chi connectivity index (χ0n) is 22.4. The van der Waals surface area contributed by atoms with Gasteiger partial charge < -0.3 is 21.1 Å². The van der Waals surface area contributed by atoms with Crippen LogP contribution in [0.3, 0.4) is 0 Å². The van der Waals surface area contributed by atoms with Crippen molar-refractivity contribution in [3.8, 4) is 22.4 Å². The van der Waals surface area contributed by atoms with Gasteiger partial charge in [0.1, 0.15) is 11.9 Å². The lowest BCUT2D eigenvalue weighted by Crippen LogP contribution is -2.51. The monoisotopic (exact) mass is 541 g/mol. The fourth-order valence-corrected chi connectivity index (χ4v) is 5.25. The average Bonchev–Trinajstić information content (AvgIpc) is 3.40. The van der Waals surface area contributed by atoms with Gasteiger partial charge in [-0.05, 0) is 25.8 Å². The Morgan fingerprint density at radius 2 is 1.77 bits per heavy atom. The average molecular weight is 542 g/mol. The number of aliphatic hydroxyl groups is 1. The molecular weight excluding hydrogens is 510 g/mol. The summed E-state index contributed by atoms with van der Waals surface area (Å²) in [5.41, 5.74) is 11.3. The van der Waals surface area contributed by atoms with Crippen molar-refractivity contribution in [2.45, 2.75) is 38.6 Å². The molecular formula is C29H31N7O4. The second-order valence-electron chi connectivity index (χ2n) is 9.94. The van der Waals surface area contributed by atoms with E-state index in [0.717, 1.165) is 22.4 Å². The predicted molar refractivity (Wildman–Crippen MR) is 149 cm³/mol. The lowest BCUT2D eigenvalue weighted by molar-refractivity contribution is -0.138. The quantitative estimate of drug-likeness (QED) is 0.301. The van der Waals surface area contributed by atoms with E-state index in [2.05, 4.69) is 15.4 Å². The van der Waals surface area contributed by atoms with Crippen LogP contribution < -0.4 is 11.1 Å². The van der Waals surface area contributed by atoms with Crippen molar-refractivity contribution in [3.63, 3.8) is 0 Å². The highest BCUT2D eigenvalue weighted by Crippen LogP contribution is 2.35. The third-order valence-corrected chi connectivity index (χ3v) is 7.26. The summed E-state index contributed by atoms with van der Waals surface area (Å²) < 4.78 is 1.48. The number of anilines is 1. The summed E-state index contributed by atoms with van der Waals surface area (Å²) in [6.07, 6.45) is 4.53. The maximum absolute atomic E-state index is 12.8. The van der Waals surface area contributed by atoms with Gasteiger partial charge in [-0.2, -0.15) is 9.61 Å². The predicted octanol–water partition coefficient (Wildman–Crippen LogP) is 2.45. The standard InChI is InChI=1S/C29H31N7O4/c1-17(38)25-26(20-10-12-35(13-11-20)29(40)24(16-37)33-18(2)39)34-28-22(15-32-36(28)27(25)30)21-8-9-23(31-14-21)19-6-4-3-5-7-19/h3-9,14-15,20,24,37H,10-13,16,30H2,1-2H3,(H,33,39). The number of rotatable bonds is 7. The van der Waals surface area contributed by atoms with E-state index in [-0.39, 0.29) is 29.3 Å². The molecule has 0 aliphatic carbocycles. The topological polar surface area (TPSA) is 156 Å². The first-order valence-electron chi connectivity index (χ1n) is 13.1. The highest BCUT2D eigenvalue weighted by atomic mass is 16.3. The van der Waals surface area contributed by atoms with Gasteiger partial charge in [0.25, 0.3) is 0 Å². The number of fused-ring (bicyclic) bond motifs is 1. The second-order valence-corrected chi connectivity index (χ2v) is 9.94. The van der Waals surface area contributed by atoms with Crippen LogP contribution in [-0.2, 0) is 9.59 Å². The van der Waals surface area contributed by atoms with E-state index in [0.29, 0.717) is 42.8 Å². The third kappa shape index (κ3) is 5.15. The first kappa shape index (κ1) is 26.9. The molecule has 1 aliphatic rings. The Balaban J connectivity index is 1.45. The molecule has 4 heterocycles. The summed E-state index contributed by atoms with van der Waals surface area (Å²) >= 11 is 0. The molecule has 1 aliphatic heterocycles. The molecule has 0 saturated carbocycles. The van der Waals surface area contributed by atoms with E-state index in [1.807, 2.05) is 42.5 Å². The van der Waals surface area contributed by atoms with Crippen LogP contribution in [0.25, 0.3) is 28.0 Å². The fraction of sp³-hybridized carbons (Fsp3) is 0.310. The van der Waals surface area contributed by atoms with Crippen molar-refractivity contribution in [2.75, 3.05) is 25.4 Å². The number of ketones is 1. The number of aromatic nitrogens is 4. The minimum Gasteiger partial charge on any atom is -0.394 e. The fourth-order valence-electron chi connectivity index (χ4n) is 5.25. The highest BCUT2D eigenvalue weighted by Gasteiger charge is 2.32. The Morgan fingerprint density at radius 3 is 2.38 bits per heavy atom. The number of aliphatic hydroxyl groups excluding tert-OH is 1. The van der Waals surface area contributed by atoms with Crippen LogP contribution in [0.15, 0.2) is 54.9 Å². The van der Waals surface area contributed by atoms with Crippen molar-refractivity contribution in [1.82, 2.24) is 29.8 Å². The van der Waals surface area contributed by atoms with Crippen molar-refractivity contribution >= 4 is 29.1 Å². The molecule has 1 saturated heterocycles. The summed E-state index contributed by atoms with van der Waals surface area (Å²) in [7, 11) is 0. The molecule has 3 aromatic heterocycles. The maximum atomic E-state index is 12.8. The zero-order valence-corrected chi connectivity index (χ0v) is 22.4. The lowest BCUT2D eigenvalue weighted by Gasteiger charge is -2.34. The molecule has 11 nitrogen and oxygen atoms in total. The number of benzene rings is 1. The van der Waals surface area contributed by atoms with Crippen LogP contribution in [0.5, 0.6) is 0 Å². The Kier molecular flexibility index (Phi) is 7.56. The summed E-state index contributed by atoms with van der Waals surface area (Å²) in [4.78, 5) is 48.1. The zero-order chi connectivity index (χ0) is 28.4. The van der Waals surface area contributed by atoms with Gasteiger partial charge in [-0.1, -0.05) is 36.4 Å². The molecule has 1 unspecified atom stereocenters. The van der Waals surface area contributed by atoms with Crippen molar-refractivity contribution in [3.05, 3.63) is 66.1 Å². The number of nitrogens with one attached hydrogen (secondary N) is 1. The van der Waals surface area contributed by atoms with E-state index in [1.165, 1.54) is 18.4 Å². The van der Waals surface area contributed by atoms with E-state index < -0.39 is 12.6 Å². The maximum Gasteiger partial charge on any atom is 0.247 e. The van der Waals surface area contributed by atoms with Crippen LogP contribution in [0, 0.1) is 0 Å². The highest BCUT2D eigenvalue weighted by molar-refractivity contribution is 6.00. The molecule has 1 fully saturated rings. The molecule has 1 atom stereocenters. The first-order valence-corrected chi connectivity index (χ1v) is 13.1. The number of amides is 2. The second kappa shape index (κ2) is 11.2. The largest absolute Gasteiger partial charge is 0.394 e. The molecule has 4 aromatic rings. The van der Waals surface area contributed by atoms with Crippen LogP contribution in [-0.4, -0.2) is 72.9 Å². The van der Waals surface area contributed by atoms with E-state index in [9.17, 15) is 19.5 Å². The van der Waals surface area contributed by atoms with Gasteiger partial charge in [0.05, 0.1) is 29.8 Å². The Hall–Kier alpha value is -4.64. The van der Waals surface area contributed by atoms with Gasteiger partial charge >= 0.3 is 0 Å². The number of nitrogens with two attached hydrogens (primary N) is 1. The summed E-state index contributed by atoms with van der Waals surface area (Å²) in [6.45, 7) is 3.06. The van der Waals surface area contributed by atoms with Crippen molar-refractivity contribution in [1.29, 1.82) is 0 Å². The number of nitrogen functional groups attached to an aromatic ring is 1. The number of carbonyl (C=O) groups is 3. The molecule has 2 amide bonds. The number of piperidine rings is 1. The SMILES string of the molecule is CC(=O)NC(CO)C(=O)N1CCC(c2nc3c(-c4ccc(-c5ccccc5)nc4)cnn3c(N)c2C(C)=O)CC1. The number of carbonyl (C=O) groups excluding carboxylic acids is 3. The van der Waals surface area contributed by atoms with E-state index >= 15 is 0 Å². The van der Waals surface area contributed by atoms with E-state index in [4.69, 9.17) is 10.7 Å². The molecule has 0 spiro atoms. The van der Waals surface area contributed by atoms with E-state index in [1.54, 1.807) is 17.3 Å². The van der Waals surface area contributed by atoms with Crippen LogP contribution in [0.1, 0.15) is 48.7 Å². The molecule has 0 radical (unpaired) electrons. The minimum atomic E-state index is -0.983. The number of nitrogens with zero attached hydrogens (tertiary/aromatic N) is 5. The van der Waals surface area contributed by atoms with Crippen LogP contribution >= 0.6 is 0 Å². The van der Waals surface area contributed by atoms with Gasteiger partial charge in [-0.3, -0.25) is 19.4 Å². The molecule has 0 bridgehead atoms. The number of hydrogen-bond donors (Lipinski definition) is 3. The van der Waals surface area contributed by atoms with Gasteiger partial charge in [0.2, 0.25) is 11.8 Å². The molecule has 1 aromatic carbocycles. The molecule has 206 valence electrons. The summed E-state index contributed by atoms with van der Waals surface area (Å²) in [6, 6.07) is 12.8. The van der Waals surface area contributed by atoms with Gasteiger partial charge in [0.15, 0.2) is 11.4 Å². The van der Waals surface area contributed by atoms with Crippen LogP contribution in [0.2, 0.25) is 0 Å². The van der Waals surface area contributed by atoms with Gasteiger partial charge in [-0.15, -0.1) is 0 Å². The molecule has 11 heteroatoms. The molecule has 5 rings (SSSR count). The smallest absolute Gasteiger partial charge is 0.247 e. The minimum absolute atomic E-state index is 0.120. The number of likely N-dealkylation sites (tertiary alicyclic amines) is 1.